The van der Waals surface area contributed by atoms with E-state index in [4.69, 9.17) is 0 Å². The summed E-state index contributed by atoms with van der Waals surface area (Å²) in [5, 5.41) is 2.09. The van der Waals surface area contributed by atoms with Gasteiger partial charge in [0.2, 0.25) is 5.91 Å². The Morgan fingerprint density at radius 2 is 2.14 bits per heavy atom. The largest absolute Gasteiger partial charge is 0.355 e. The zero-order valence-electron chi connectivity index (χ0n) is 11.7. The molecule has 0 spiro atoms. The lowest BCUT2D eigenvalue weighted by Crippen LogP contribution is -2.47. The van der Waals surface area contributed by atoms with Crippen molar-refractivity contribution in [1.82, 2.24) is 9.62 Å². The molecule has 3 atom stereocenters. The Morgan fingerprint density at radius 3 is 2.62 bits per heavy atom. The van der Waals surface area contributed by atoms with Gasteiger partial charge in [-0.3, -0.25) is 17.9 Å². The number of amides is 1. The lowest BCUT2D eigenvalue weighted by molar-refractivity contribution is -0.118. The van der Waals surface area contributed by atoms with Crippen LogP contribution in [0.25, 0.3) is 0 Å². The summed E-state index contributed by atoms with van der Waals surface area (Å²) in [7, 11) is -1.43. The topological polar surface area (TPSA) is 86.7 Å². The number of hydrogen-bond acceptors (Lipinski definition) is 3. The maximum absolute atomic E-state index is 12.5. The van der Waals surface area contributed by atoms with E-state index in [9.17, 15) is 17.8 Å². The first kappa shape index (κ1) is 17.5. The molecule has 1 amide bonds. The van der Waals surface area contributed by atoms with Gasteiger partial charge in [0.25, 0.3) is 11.3 Å². The molecule has 0 radical (unpaired) electrons. The van der Waals surface area contributed by atoms with Gasteiger partial charge >= 0.3 is 0 Å². The minimum Gasteiger partial charge on any atom is -0.355 e. The van der Waals surface area contributed by atoms with Crippen LogP contribution in [0, 0.1) is 0 Å². The molecule has 1 rings (SSSR count). The van der Waals surface area contributed by atoms with Crippen molar-refractivity contribution < 1.29 is 17.8 Å². The summed E-state index contributed by atoms with van der Waals surface area (Å²) in [6.07, 6.45) is 5.97. The van der Waals surface area contributed by atoms with Gasteiger partial charge in [0, 0.05) is 13.5 Å². The van der Waals surface area contributed by atoms with Gasteiger partial charge < -0.3 is 5.32 Å². The van der Waals surface area contributed by atoms with Crippen LogP contribution in [0.3, 0.4) is 0 Å². The van der Waals surface area contributed by atoms with Crippen LogP contribution >= 0.6 is 0 Å². The Balaban J connectivity index is 3.19. The number of rotatable bonds is 5. The molecule has 0 aromatic rings. The van der Waals surface area contributed by atoms with Gasteiger partial charge in [0.1, 0.15) is 0 Å². The summed E-state index contributed by atoms with van der Waals surface area (Å²) in [5.41, 5.74) is 0.364. The van der Waals surface area contributed by atoms with Crippen molar-refractivity contribution >= 4 is 28.0 Å². The molecule has 6 nitrogen and oxygen atoms in total. The van der Waals surface area contributed by atoms with Crippen LogP contribution in [0.2, 0.25) is 0 Å². The normalized spacial score (nSPS) is 27.4. The Kier molecular flexibility index (Phi) is 6.73. The molecule has 0 saturated carbocycles. The van der Waals surface area contributed by atoms with Crippen LogP contribution in [0.4, 0.5) is 0 Å². The van der Waals surface area contributed by atoms with Crippen molar-refractivity contribution in [2.75, 3.05) is 13.1 Å². The monoisotopic (exact) mass is 330 g/mol. The van der Waals surface area contributed by atoms with Gasteiger partial charge in [-0.05, 0) is 12.2 Å². The molecule has 1 aliphatic rings. The SMILES string of the molecule is C=CC=C1/C(=C\C=C)S(=O)[C@@H](CNC(C)=O)CN1S(=O)O. The van der Waals surface area contributed by atoms with Crippen molar-refractivity contribution in [3.63, 3.8) is 0 Å². The van der Waals surface area contributed by atoms with Crippen LogP contribution in [0.1, 0.15) is 6.92 Å². The smallest absolute Gasteiger partial charge is 0.261 e. The van der Waals surface area contributed by atoms with Gasteiger partial charge in [0.05, 0.1) is 33.2 Å². The first-order chi connectivity index (χ1) is 9.92. The second kappa shape index (κ2) is 8.06. The molecular weight excluding hydrogens is 312 g/mol. The molecule has 21 heavy (non-hydrogen) atoms. The molecule has 0 aromatic carbocycles. The number of nitrogens with one attached hydrogen (secondary N) is 1. The highest BCUT2D eigenvalue weighted by Gasteiger charge is 2.35. The predicted molar refractivity (Wildman–Crippen MR) is 84.7 cm³/mol. The van der Waals surface area contributed by atoms with Crippen LogP contribution in [0.5, 0.6) is 0 Å². The highest BCUT2D eigenvalue weighted by atomic mass is 32.2. The molecule has 1 aliphatic heterocycles. The summed E-state index contributed by atoms with van der Waals surface area (Å²) >= 11 is -2.26. The van der Waals surface area contributed by atoms with Gasteiger partial charge in [0.15, 0.2) is 0 Å². The molecule has 1 saturated heterocycles. The minimum absolute atomic E-state index is 0.0875. The summed E-state index contributed by atoms with van der Waals surface area (Å²) in [6.45, 7) is 8.72. The molecule has 8 heteroatoms. The summed E-state index contributed by atoms with van der Waals surface area (Å²) in [5.74, 6) is -0.245. The molecule has 2 N–H and O–H groups in total. The number of allylic oxidation sites excluding steroid dienone is 4. The lowest BCUT2D eigenvalue weighted by Gasteiger charge is -2.34. The lowest BCUT2D eigenvalue weighted by atomic mass is 10.3. The Morgan fingerprint density at radius 1 is 1.52 bits per heavy atom. The van der Waals surface area contributed by atoms with Crippen LogP contribution < -0.4 is 5.32 Å². The zero-order chi connectivity index (χ0) is 16.0. The Hall–Kier alpha value is -1.51. The van der Waals surface area contributed by atoms with Gasteiger partial charge in [-0.15, -0.1) is 0 Å². The van der Waals surface area contributed by atoms with E-state index in [1.165, 1.54) is 35.5 Å². The average Bonchev–Trinajstić information content (AvgIpc) is 2.41. The van der Waals surface area contributed by atoms with Crippen LogP contribution in [-0.4, -0.2) is 41.5 Å². The molecule has 1 heterocycles. The van der Waals surface area contributed by atoms with Crippen molar-refractivity contribution in [3.05, 3.63) is 48.1 Å². The van der Waals surface area contributed by atoms with Gasteiger partial charge in [-0.25, -0.2) is 4.21 Å². The number of carbonyl (C=O) groups excluding carboxylic acids is 1. The van der Waals surface area contributed by atoms with Crippen LogP contribution in [-0.2, 0) is 26.9 Å². The molecule has 2 unspecified atom stereocenters. The Bertz CT molecular complexity index is 554. The fourth-order valence-corrected chi connectivity index (χ4v) is 4.12. The van der Waals surface area contributed by atoms with Crippen molar-refractivity contribution in [2.24, 2.45) is 0 Å². The van der Waals surface area contributed by atoms with E-state index in [-0.39, 0.29) is 19.0 Å². The zero-order valence-corrected chi connectivity index (χ0v) is 13.3. The standard InChI is InChI=1S/C13H18N2O4S2/c1-4-6-12-13(7-5-2)20(17)11(8-14-10(3)16)9-15(12)21(18)19/h4-7,11H,1-2,8-9H2,3H3,(H,14,16)(H,18,19)/b12-6?,13-7+/t11-,20?/m0/s1. The van der Waals surface area contributed by atoms with E-state index in [1.54, 1.807) is 0 Å². The third-order valence-electron chi connectivity index (χ3n) is 2.72. The first-order valence-corrected chi connectivity index (χ1v) is 8.39. The fourth-order valence-electron chi connectivity index (χ4n) is 1.84. The summed E-state index contributed by atoms with van der Waals surface area (Å²) < 4.78 is 34.7. The summed E-state index contributed by atoms with van der Waals surface area (Å²) in [4.78, 5) is 11.4. The van der Waals surface area contributed by atoms with E-state index in [0.717, 1.165) is 0 Å². The van der Waals surface area contributed by atoms with E-state index in [1.807, 2.05) is 0 Å². The molecular formula is C13H18N2O4S2. The molecule has 0 aliphatic carbocycles. The third kappa shape index (κ3) is 4.48. The molecule has 0 aromatic heterocycles. The quantitative estimate of drug-likeness (QED) is 0.731. The number of nitrogens with zero attached hydrogens (tertiary/aromatic N) is 1. The minimum atomic E-state index is -2.26. The number of hydrogen-bond donors (Lipinski definition) is 2. The fraction of sp³-hybridized carbons (Fsp3) is 0.308. The highest BCUT2D eigenvalue weighted by Crippen LogP contribution is 2.29. The predicted octanol–water partition coefficient (Wildman–Crippen LogP) is 0.832. The van der Waals surface area contributed by atoms with E-state index in [2.05, 4.69) is 18.5 Å². The molecule has 1 fully saturated rings. The Labute approximate surface area is 129 Å². The van der Waals surface area contributed by atoms with Gasteiger partial charge in [-0.1, -0.05) is 25.3 Å². The number of carbonyl (C=O) groups is 1. The first-order valence-electron chi connectivity index (χ1n) is 6.11. The van der Waals surface area contributed by atoms with Gasteiger partial charge in [-0.2, -0.15) is 0 Å². The third-order valence-corrected chi connectivity index (χ3v) is 5.15. The van der Waals surface area contributed by atoms with Crippen molar-refractivity contribution in [3.8, 4) is 0 Å². The van der Waals surface area contributed by atoms with E-state index in [0.29, 0.717) is 10.6 Å². The van der Waals surface area contributed by atoms with Crippen LogP contribution in [0.15, 0.2) is 48.1 Å². The summed E-state index contributed by atoms with van der Waals surface area (Å²) in [6, 6.07) is 0. The second-order valence-corrected chi connectivity index (χ2v) is 6.81. The maximum atomic E-state index is 12.5. The maximum Gasteiger partial charge on any atom is 0.261 e. The van der Waals surface area contributed by atoms with E-state index < -0.39 is 27.3 Å². The average molecular weight is 330 g/mol. The second-order valence-electron chi connectivity index (χ2n) is 4.20. The molecule has 116 valence electrons. The van der Waals surface area contributed by atoms with Crippen molar-refractivity contribution in [2.45, 2.75) is 12.2 Å². The van der Waals surface area contributed by atoms with E-state index >= 15 is 0 Å². The van der Waals surface area contributed by atoms with Crippen molar-refractivity contribution in [1.29, 1.82) is 0 Å². The highest BCUT2D eigenvalue weighted by molar-refractivity contribution is 7.90. The molecule has 0 bridgehead atoms.